The van der Waals surface area contributed by atoms with Gasteiger partial charge in [0.25, 0.3) is 0 Å². The molecule has 0 spiro atoms. The Labute approximate surface area is 91.9 Å². The summed E-state index contributed by atoms with van der Waals surface area (Å²) in [4.78, 5) is 15.1. The fraction of sp³-hybridized carbons (Fsp3) is 0.556. The van der Waals surface area contributed by atoms with E-state index in [1.54, 1.807) is 29.3 Å². The molecule has 0 saturated heterocycles. The molecule has 1 atom stereocenters. The SMILES string of the molecule is COC(=O)CC(C)SCc1nccs1. The molecule has 1 unspecified atom stereocenters. The molecule has 3 nitrogen and oxygen atoms in total. The van der Waals surface area contributed by atoms with E-state index in [4.69, 9.17) is 0 Å². The van der Waals surface area contributed by atoms with Crippen LogP contribution in [0, 0.1) is 0 Å². The van der Waals surface area contributed by atoms with Gasteiger partial charge in [-0.3, -0.25) is 4.79 Å². The molecule has 0 radical (unpaired) electrons. The predicted octanol–water partition coefficient (Wildman–Crippen LogP) is 2.33. The average Bonchev–Trinajstić information content (AvgIpc) is 2.67. The van der Waals surface area contributed by atoms with Crippen LogP contribution >= 0.6 is 23.1 Å². The standard InChI is InChI=1S/C9H13NO2S2/c1-7(5-9(11)12-2)14-6-8-10-3-4-13-8/h3-4,7H,5-6H2,1-2H3. The van der Waals surface area contributed by atoms with E-state index < -0.39 is 0 Å². The lowest BCUT2D eigenvalue weighted by atomic mass is 10.3. The minimum Gasteiger partial charge on any atom is -0.469 e. The third kappa shape index (κ3) is 4.11. The number of carbonyl (C=O) groups excluding carboxylic acids is 1. The number of rotatable bonds is 5. The number of hydrogen-bond donors (Lipinski definition) is 0. The first-order valence-corrected chi connectivity index (χ1v) is 6.22. The average molecular weight is 231 g/mol. The van der Waals surface area contributed by atoms with Crippen molar-refractivity contribution in [1.82, 2.24) is 4.98 Å². The molecule has 0 aromatic carbocycles. The van der Waals surface area contributed by atoms with Crippen LogP contribution in [-0.4, -0.2) is 23.3 Å². The van der Waals surface area contributed by atoms with Gasteiger partial charge in [0.1, 0.15) is 5.01 Å². The maximum Gasteiger partial charge on any atom is 0.306 e. The van der Waals surface area contributed by atoms with E-state index in [-0.39, 0.29) is 11.2 Å². The zero-order valence-corrected chi connectivity index (χ0v) is 9.86. The van der Waals surface area contributed by atoms with Gasteiger partial charge in [0, 0.05) is 22.6 Å². The van der Waals surface area contributed by atoms with E-state index in [2.05, 4.69) is 9.72 Å². The lowest BCUT2D eigenvalue weighted by Crippen LogP contribution is -2.08. The number of hydrogen-bond acceptors (Lipinski definition) is 5. The van der Waals surface area contributed by atoms with Crippen molar-refractivity contribution in [3.8, 4) is 0 Å². The largest absolute Gasteiger partial charge is 0.469 e. The topological polar surface area (TPSA) is 39.2 Å². The van der Waals surface area contributed by atoms with Crippen LogP contribution in [0.25, 0.3) is 0 Å². The van der Waals surface area contributed by atoms with Gasteiger partial charge in [-0.2, -0.15) is 11.8 Å². The number of carbonyl (C=O) groups is 1. The van der Waals surface area contributed by atoms with Gasteiger partial charge in [-0.1, -0.05) is 6.92 Å². The molecule has 1 aromatic rings. The van der Waals surface area contributed by atoms with Gasteiger partial charge in [-0.25, -0.2) is 4.98 Å². The Kier molecular flexibility index (Phi) is 4.97. The molecule has 0 aliphatic heterocycles. The Morgan fingerprint density at radius 1 is 1.79 bits per heavy atom. The lowest BCUT2D eigenvalue weighted by Gasteiger charge is -2.07. The number of thiazole rings is 1. The van der Waals surface area contributed by atoms with E-state index in [1.165, 1.54) is 7.11 Å². The van der Waals surface area contributed by atoms with E-state index in [9.17, 15) is 4.79 Å². The second-order valence-electron chi connectivity index (χ2n) is 2.83. The molecule has 0 fully saturated rings. The van der Waals surface area contributed by atoms with Crippen LogP contribution in [0.2, 0.25) is 0 Å². The van der Waals surface area contributed by atoms with Crippen molar-refractivity contribution >= 4 is 29.1 Å². The number of thioether (sulfide) groups is 1. The van der Waals surface area contributed by atoms with Crippen molar-refractivity contribution in [3.63, 3.8) is 0 Å². The van der Waals surface area contributed by atoms with Crippen molar-refractivity contribution in [2.45, 2.75) is 24.3 Å². The van der Waals surface area contributed by atoms with Crippen LogP contribution in [0.4, 0.5) is 0 Å². The highest BCUT2D eigenvalue weighted by Gasteiger charge is 2.09. The maximum absolute atomic E-state index is 10.9. The number of aromatic nitrogens is 1. The normalized spacial score (nSPS) is 12.4. The molecule has 0 amide bonds. The third-order valence-corrected chi connectivity index (χ3v) is 3.79. The van der Waals surface area contributed by atoms with E-state index >= 15 is 0 Å². The van der Waals surface area contributed by atoms with Gasteiger partial charge in [-0.15, -0.1) is 11.3 Å². The Morgan fingerprint density at radius 3 is 3.14 bits per heavy atom. The van der Waals surface area contributed by atoms with Gasteiger partial charge in [0.2, 0.25) is 0 Å². The van der Waals surface area contributed by atoms with E-state index in [0.29, 0.717) is 6.42 Å². The van der Waals surface area contributed by atoms with Crippen molar-refractivity contribution < 1.29 is 9.53 Å². The summed E-state index contributed by atoms with van der Waals surface area (Å²) >= 11 is 3.37. The summed E-state index contributed by atoms with van der Waals surface area (Å²) in [5.74, 6) is 0.722. The first kappa shape index (κ1) is 11.5. The molecular formula is C9H13NO2S2. The molecule has 5 heteroatoms. The monoisotopic (exact) mass is 231 g/mol. The molecule has 0 aliphatic rings. The van der Waals surface area contributed by atoms with Crippen LogP contribution in [0.3, 0.4) is 0 Å². The maximum atomic E-state index is 10.9. The number of methoxy groups -OCH3 is 1. The molecule has 0 N–H and O–H groups in total. The third-order valence-electron chi connectivity index (χ3n) is 1.66. The zero-order valence-electron chi connectivity index (χ0n) is 8.23. The summed E-state index contributed by atoms with van der Waals surface area (Å²) in [7, 11) is 1.42. The van der Waals surface area contributed by atoms with Gasteiger partial charge in [-0.05, 0) is 0 Å². The van der Waals surface area contributed by atoms with E-state index in [0.717, 1.165) is 10.8 Å². The lowest BCUT2D eigenvalue weighted by molar-refractivity contribution is -0.140. The molecule has 1 rings (SSSR count). The fourth-order valence-corrected chi connectivity index (χ4v) is 2.55. The highest BCUT2D eigenvalue weighted by molar-refractivity contribution is 7.99. The summed E-state index contributed by atoms with van der Waals surface area (Å²) in [5.41, 5.74) is 0. The molecule has 0 saturated carbocycles. The molecule has 1 heterocycles. The van der Waals surface area contributed by atoms with Crippen LogP contribution in [-0.2, 0) is 15.3 Å². The summed E-state index contributed by atoms with van der Waals surface area (Å²) in [6.45, 7) is 2.02. The minimum atomic E-state index is -0.149. The van der Waals surface area contributed by atoms with Crippen molar-refractivity contribution in [2.24, 2.45) is 0 Å². The van der Waals surface area contributed by atoms with Crippen molar-refractivity contribution in [1.29, 1.82) is 0 Å². The highest BCUT2D eigenvalue weighted by Crippen LogP contribution is 2.21. The van der Waals surface area contributed by atoms with Crippen molar-refractivity contribution in [2.75, 3.05) is 7.11 Å². The first-order chi connectivity index (χ1) is 6.72. The van der Waals surface area contributed by atoms with Crippen LogP contribution < -0.4 is 0 Å². The van der Waals surface area contributed by atoms with Crippen LogP contribution in [0.5, 0.6) is 0 Å². The number of nitrogens with zero attached hydrogens (tertiary/aromatic N) is 1. The summed E-state index contributed by atoms with van der Waals surface area (Å²) in [6.07, 6.45) is 2.26. The predicted molar refractivity (Wildman–Crippen MR) is 59.5 cm³/mol. The summed E-state index contributed by atoms with van der Waals surface area (Å²) in [6, 6.07) is 0. The van der Waals surface area contributed by atoms with Crippen molar-refractivity contribution in [3.05, 3.63) is 16.6 Å². The van der Waals surface area contributed by atoms with Gasteiger partial charge in [0.15, 0.2) is 0 Å². The Balaban J connectivity index is 2.21. The highest BCUT2D eigenvalue weighted by atomic mass is 32.2. The molecule has 78 valence electrons. The molecule has 0 aliphatic carbocycles. The smallest absolute Gasteiger partial charge is 0.306 e. The van der Waals surface area contributed by atoms with Gasteiger partial charge in [0.05, 0.1) is 13.5 Å². The first-order valence-electron chi connectivity index (χ1n) is 4.29. The second kappa shape index (κ2) is 6.03. The number of esters is 1. The molecule has 14 heavy (non-hydrogen) atoms. The van der Waals surface area contributed by atoms with Crippen LogP contribution in [0.15, 0.2) is 11.6 Å². The van der Waals surface area contributed by atoms with Gasteiger partial charge >= 0.3 is 5.97 Å². The number of ether oxygens (including phenoxy) is 1. The van der Waals surface area contributed by atoms with Crippen LogP contribution in [0.1, 0.15) is 18.4 Å². The fourth-order valence-electron chi connectivity index (χ4n) is 0.915. The Morgan fingerprint density at radius 2 is 2.57 bits per heavy atom. The zero-order chi connectivity index (χ0) is 10.4. The Bertz CT molecular complexity index is 274. The summed E-state index contributed by atoms with van der Waals surface area (Å²) in [5, 5.41) is 3.35. The quantitative estimate of drug-likeness (QED) is 0.729. The van der Waals surface area contributed by atoms with E-state index in [1.807, 2.05) is 12.3 Å². The molecule has 1 aromatic heterocycles. The van der Waals surface area contributed by atoms with Gasteiger partial charge < -0.3 is 4.74 Å². The molecule has 0 bridgehead atoms. The molecular weight excluding hydrogens is 218 g/mol. The minimum absolute atomic E-state index is 0.149. The summed E-state index contributed by atoms with van der Waals surface area (Å²) < 4.78 is 4.59. The second-order valence-corrected chi connectivity index (χ2v) is 5.23. The Hall–Kier alpha value is -0.550.